The standard InChI is InChI=1S/C13H16N4O3S/c1-9-15-12(20-16-9)6-19-10-3-2-4-17(5-10)13(18)11-7-21-8-14-11/h7-8,10H,2-6H2,1H3. The van der Waals surface area contributed by atoms with E-state index in [-0.39, 0.29) is 18.6 Å². The van der Waals surface area contributed by atoms with Crippen molar-refractivity contribution in [3.63, 3.8) is 0 Å². The van der Waals surface area contributed by atoms with Gasteiger partial charge in [0.1, 0.15) is 12.3 Å². The average molecular weight is 308 g/mol. The second-order valence-corrected chi connectivity index (χ2v) is 5.65. The minimum Gasteiger partial charge on any atom is -0.367 e. The topological polar surface area (TPSA) is 81.4 Å². The van der Waals surface area contributed by atoms with E-state index in [1.54, 1.807) is 22.7 Å². The molecule has 2 aromatic heterocycles. The Morgan fingerprint density at radius 3 is 3.24 bits per heavy atom. The zero-order valence-corrected chi connectivity index (χ0v) is 12.5. The van der Waals surface area contributed by atoms with Crippen molar-refractivity contribution < 1.29 is 14.1 Å². The molecule has 2 aromatic rings. The van der Waals surface area contributed by atoms with Crippen molar-refractivity contribution in [1.29, 1.82) is 0 Å². The molecule has 1 unspecified atom stereocenters. The van der Waals surface area contributed by atoms with Crippen LogP contribution in [-0.4, -0.2) is 45.1 Å². The normalized spacial score (nSPS) is 18.9. The molecule has 8 heteroatoms. The van der Waals surface area contributed by atoms with Crippen molar-refractivity contribution >= 4 is 17.2 Å². The van der Waals surface area contributed by atoms with Crippen LogP contribution < -0.4 is 0 Å². The Morgan fingerprint density at radius 1 is 1.62 bits per heavy atom. The lowest BCUT2D eigenvalue weighted by molar-refractivity contribution is -0.0154. The zero-order valence-electron chi connectivity index (χ0n) is 11.7. The summed E-state index contributed by atoms with van der Waals surface area (Å²) in [5.74, 6) is 1.03. The fourth-order valence-corrected chi connectivity index (χ4v) is 2.85. The summed E-state index contributed by atoms with van der Waals surface area (Å²) < 4.78 is 10.8. The number of nitrogens with zero attached hydrogens (tertiary/aromatic N) is 4. The summed E-state index contributed by atoms with van der Waals surface area (Å²) in [5.41, 5.74) is 2.18. The second kappa shape index (κ2) is 6.31. The third-order valence-corrected chi connectivity index (χ3v) is 3.92. The van der Waals surface area contributed by atoms with Gasteiger partial charge in [-0.25, -0.2) is 4.98 Å². The van der Waals surface area contributed by atoms with Crippen molar-refractivity contribution in [1.82, 2.24) is 20.0 Å². The summed E-state index contributed by atoms with van der Waals surface area (Å²) >= 11 is 1.43. The first-order chi connectivity index (χ1) is 10.2. The number of aryl methyl sites for hydroxylation is 1. The number of aromatic nitrogens is 3. The summed E-state index contributed by atoms with van der Waals surface area (Å²) in [7, 11) is 0. The molecule has 21 heavy (non-hydrogen) atoms. The molecule has 7 nitrogen and oxygen atoms in total. The molecule has 0 bridgehead atoms. The highest BCUT2D eigenvalue weighted by Gasteiger charge is 2.26. The Hall–Kier alpha value is -1.80. The van der Waals surface area contributed by atoms with Gasteiger partial charge >= 0.3 is 0 Å². The molecule has 1 saturated heterocycles. The highest BCUT2D eigenvalue weighted by atomic mass is 32.1. The lowest BCUT2D eigenvalue weighted by Gasteiger charge is -2.32. The van der Waals surface area contributed by atoms with Crippen LogP contribution in [0.4, 0.5) is 0 Å². The molecule has 0 aromatic carbocycles. The summed E-state index contributed by atoms with van der Waals surface area (Å²) in [6.07, 6.45) is 1.84. The minimum atomic E-state index is -0.0295. The molecule has 0 spiro atoms. The number of hydrogen-bond acceptors (Lipinski definition) is 7. The maximum atomic E-state index is 12.3. The van der Waals surface area contributed by atoms with Gasteiger partial charge in [0.25, 0.3) is 11.8 Å². The largest absolute Gasteiger partial charge is 0.367 e. The van der Waals surface area contributed by atoms with Gasteiger partial charge in [0.2, 0.25) is 0 Å². The van der Waals surface area contributed by atoms with Gasteiger partial charge in [0, 0.05) is 18.5 Å². The highest BCUT2D eigenvalue weighted by molar-refractivity contribution is 7.07. The van der Waals surface area contributed by atoms with E-state index >= 15 is 0 Å². The fraction of sp³-hybridized carbons (Fsp3) is 0.538. The van der Waals surface area contributed by atoms with Crippen LogP contribution >= 0.6 is 11.3 Å². The summed E-state index contributed by atoms with van der Waals surface area (Å²) in [4.78, 5) is 22.2. The summed E-state index contributed by atoms with van der Waals surface area (Å²) in [5, 5.41) is 5.49. The summed E-state index contributed by atoms with van der Waals surface area (Å²) in [6.45, 7) is 3.37. The number of carbonyl (C=O) groups is 1. The molecule has 0 radical (unpaired) electrons. The predicted octanol–water partition coefficient (Wildman–Crippen LogP) is 1.66. The van der Waals surface area contributed by atoms with Gasteiger partial charge in [-0.2, -0.15) is 4.98 Å². The third-order valence-electron chi connectivity index (χ3n) is 3.33. The number of ether oxygens (including phenoxy) is 1. The Labute approximate surface area is 125 Å². The van der Waals surface area contributed by atoms with Crippen molar-refractivity contribution in [2.24, 2.45) is 0 Å². The number of piperidine rings is 1. The molecule has 1 atom stereocenters. The summed E-state index contributed by atoms with van der Waals surface area (Å²) in [6, 6.07) is 0. The van der Waals surface area contributed by atoms with Crippen LogP contribution in [-0.2, 0) is 11.3 Å². The zero-order chi connectivity index (χ0) is 14.7. The van der Waals surface area contributed by atoms with Crippen LogP contribution in [0, 0.1) is 6.92 Å². The van der Waals surface area contributed by atoms with Crippen LogP contribution in [0.15, 0.2) is 15.4 Å². The molecule has 0 N–H and O–H groups in total. The lowest BCUT2D eigenvalue weighted by Crippen LogP contribution is -2.43. The van der Waals surface area contributed by atoms with Gasteiger partial charge in [0.05, 0.1) is 11.6 Å². The Kier molecular flexibility index (Phi) is 4.26. The van der Waals surface area contributed by atoms with E-state index in [9.17, 15) is 4.79 Å². The number of rotatable bonds is 4. The molecule has 1 fully saturated rings. The first-order valence-electron chi connectivity index (χ1n) is 6.80. The van der Waals surface area contributed by atoms with E-state index in [0.29, 0.717) is 24.0 Å². The SMILES string of the molecule is Cc1noc(COC2CCCN(C(=O)c3cscn3)C2)n1. The Bertz CT molecular complexity index is 598. The van der Waals surface area contributed by atoms with Crippen LogP contribution in [0.3, 0.4) is 0 Å². The molecule has 3 rings (SSSR count). The molecule has 1 aliphatic rings. The number of amides is 1. The van der Waals surface area contributed by atoms with Crippen molar-refractivity contribution in [2.45, 2.75) is 32.5 Å². The van der Waals surface area contributed by atoms with Gasteiger partial charge in [-0.1, -0.05) is 5.16 Å². The third kappa shape index (κ3) is 3.45. The van der Waals surface area contributed by atoms with Crippen molar-refractivity contribution in [2.75, 3.05) is 13.1 Å². The van der Waals surface area contributed by atoms with Gasteiger partial charge in [-0.05, 0) is 19.8 Å². The first-order valence-corrected chi connectivity index (χ1v) is 7.75. The predicted molar refractivity (Wildman–Crippen MR) is 74.9 cm³/mol. The minimum absolute atomic E-state index is 0.00598. The second-order valence-electron chi connectivity index (χ2n) is 4.94. The smallest absolute Gasteiger partial charge is 0.273 e. The maximum Gasteiger partial charge on any atom is 0.273 e. The van der Waals surface area contributed by atoms with Crippen LogP contribution in [0.1, 0.15) is 35.0 Å². The molecule has 1 amide bonds. The quantitative estimate of drug-likeness (QED) is 0.854. The molecule has 112 valence electrons. The molecule has 0 saturated carbocycles. The van der Waals surface area contributed by atoms with Crippen LogP contribution in [0.25, 0.3) is 0 Å². The monoisotopic (exact) mass is 308 g/mol. The fourth-order valence-electron chi connectivity index (χ4n) is 2.33. The van der Waals surface area contributed by atoms with Gasteiger partial charge in [-0.3, -0.25) is 4.79 Å². The maximum absolute atomic E-state index is 12.3. The molecular formula is C13H16N4O3S. The number of likely N-dealkylation sites (tertiary alicyclic amines) is 1. The van der Waals surface area contributed by atoms with Crippen molar-refractivity contribution in [3.05, 3.63) is 28.3 Å². The van der Waals surface area contributed by atoms with E-state index < -0.39 is 0 Å². The lowest BCUT2D eigenvalue weighted by atomic mass is 10.1. The van der Waals surface area contributed by atoms with Gasteiger partial charge in [0.15, 0.2) is 5.82 Å². The Morgan fingerprint density at radius 2 is 2.52 bits per heavy atom. The van der Waals surface area contributed by atoms with E-state index in [4.69, 9.17) is 9.26 Å². The first kappa shape index (κ1) is 14.2. The Balaban J connectivity index is 1.54. The van der Waals surface area contributed by atoms with E-state index in [0.717, 1.165) is 19.4 Å². The number of thiazole rings is 1. The van der Waals surface area contributed by atoms with E-state index in [2.05, 4.69) is 15.1 Å². The number of carbonyl (C=O) groups excluding carboxylic acids is 1. The highest BCUT2D eigenvalue weighted by Crippen LogP contribution is 2.17. The van der Waals surface area contributed by atoms with Gasteiger partial charge < -0.3 is 14.2 Å². The molecule has 1 aliphatic heterocycles. The number of hydrogen-bond donors (Lipinski definition) is 0. The molecular weight excluding hydrogens is 292 g/mol. The van der Waals surface area contributed by atoms with E-state index in [1.807, 2.05) is 0 Å². The van der Waals surface area contributed by atoms with Crippen LogP contribution in [0.5, 0.6) is 0 Å². The van der Waals surface area contributed by atoms with E-state index in [1.165, 1.54) is 11.3 Å². The van der Waals surface area contributed by atoms with Crippen molar-refractivity contribution in [3.8, 4) is 0 Å². The average Bonchev–Trinajstić information content (AvgIpc) is 3.16. The van der Waals surface area contributed by atoms with Crippen LogP contribution in [0.2, 0.25) is 0 Å². The molecule has 0 aliphatic carbocycles. The molecule has 3 heterocycles. The van der Waals surface area contributed by atoms with Gasteiger partial charge in [-0.15, -0.1) is 11.3 Å².